The Morgan fingerprint density at radius 1 is 0.405 bits per heavy atom. The summed E-state index contributed by atoms with van der Waals surface area (Å²) in [6, 6.07) is 37.7. The van der Waals surface area contributed by atoms with E-state index in [-0.39, 0.29) is 20.1 Å². The second-order valence-electron chi connectivity index (χ2n) is 9.32. The second-order valence-corrected chi connectivity index (χ2v) is 9.32. The molecule has 182 valence electrons. The molecule has 2 nitrogen and oxygen atoms in total. The van der Waals surface area contributed by atoms with Crippen molar-refractivity contribution in [3.63, 3.8) is 0 Å². The first-order valence-corrected chi connectivity index (χ1v) is 12.4. The Morgan fingerprint density at radius 2 is 0.757 bits per heavy atom. The number of rotatable bonds is 2. The fourth-order valence-corrected chi connectivity index (χ4v) is 4.67. The molecule has 0 saturated heterocycles. The Kier molecular flexibility index (Phi) is 8.28. The van der Waals surface area contributed by atoms with Crippen molar-refractivity contribution >= 4 is 21.8 Å². The summed E-state index contributed by atoms with van der Waals surface area (Å²) in [5.41, 5.74) is 11.7. The molecule has 0 N–H and O–H groups in total. The molecule has 4 aromatic carbocycles. The van der Waals surface area contributed by atoms with Crippen LogP contribution in [0, 0.1) is 27.7 Å². The summed E-state index contributed by atoms with van der Waals surface area (Å²) in [4.78, 5) is 9.61. The van der Waals surface area contributed by atoms with Gasteiger partial charge in [0.25, 0.3) is 0 Å². The van der Waals surface area contributed by atoms with Crippen LogP contribution in [0.5, 0.6) is 0 Å². The first-order chi connectivity index (χ1) is 17.5. The van der Waals surface area contributed by atoms with Crippen molar-refractivity contribution in [1.82, 2.24) is 9.97 Å². The molecule has 0 atom stereocenters. The van der Waals surface area contributed by atoms with E-state index in [1.54, 1.807) is 0 Å². The first-order valence-electron chi connectivity index (χ1n) is 12.4. The number of para-hydroxylation sites is 2. The molecular formula is C34H30IrN2+3. The minimum absolute atomic E-state index is 0. The minimum atomic E-state index is 0. The Morgan fingerprint density at radius 3 is 1.16 bits per heavy atom. The molecule has 0 aliphatic carbocycles. The molecule has 0 aliphatic heterocycles. The van der Waals surface area contributed by atoms with Crippen molar-refractivity contribution in [2.75, 3.05) is 0 Å². The molecule has 37 heavy (non-hydrogen) atoms. The Bertz CT molecular complexity index is 1560. The summed E-state index contributed by atoms with van der Waals surface area (Å²) >= 11 is 0. The fourth-order valence-electron chi connectivity index (χ4n) is 4.67. The van der Waals surface area contributed by atoms with E-state index in [2.05, 4.69) is 125 Å². The molecule has 6 aromatic rings. The van der Waals surface area contributed by atoms with Gasteiger partial charge in [0.2, 0.25) is 0 Å². The van der Waals surface area contributed by atoms with Crippen LogP contribution in [0.2, 0.25) is 0 Å². The quantitative estimate of drug-likeness (QED) is 0.186. The molecule has 0 bridgehead atoms. The van der Waals surface area contributed by atoms with Gasteiger partial charge >= 0.3 is 20.1 Å². The van der Waals surface area contributed by atoms with Crippen LogP contribution in [0.4, 0.5) is 0 Å². The molecule has 0 amide bonds. The Hall–Kier alpha value is -3.65. The fraction of sp³-hybridized carbons (Fsp3) is 0.118. The maximum atomic E-state index is 4.81. The molecule has 0 fully saturated rings. The molecule has 2 aromatic heterocycles. The number of hydrogen-bond donors (Lipinski definition) is 0. The van der Waals surface area contributed by atoms with Gasteiger partial charge in [0.15, 0.2) is 0 Å². The minimum Gasteiger partial charge on any atom is -0.248 e. The maximum absolute atomic E-state index is 4.81. The predicted molar refractivity (Wildman–Crippen MR) is 153 cm³/mol. The van der Waals surface area contributed by atoms with Gasteiger partial charge in [-0.25, -0.2) is 9.97 Å². The van der Waals surface area contributed by atoms with Gasteiger partial charge < -0.3 is 0 Å². The first kappa shape index (κ1) is 26.4. The molecule has 0 saturated carbocycles. The van der Waals surface area contributed by atoms with Crippen molar-refractivity contribution in [3.8, 4) is 22.5 Å². The smallest absolute Gasteiger partial charge is 0.248 e. The zero-order valence-electron chi connectivity index (χ0n) is 21.6. The van der Waals surface area contributed by atoms with Gasteiger partial charge in [-0.05, 0) is 74.2 Å². The van der Waals surface area contributed by atoms with Gasteiger partial charge in [0.1, 0.15) is 0 Å². The van der Waals surface area contributed by atoms with E-state index in [0.717, 1.165) is 22.4 Å². The van der Waals surface area contributed by atoms with Crippen LogP contribution in [0.15, 0.2) is 109 Å². The maximum Gasteiger partial charge on any atom is 3.00 e. The third kappa shape index (κ3) is 5.69. The van der Waals surface area contributed by atoms with Gasteiger partial charge in [-0.1, -0.05) is 84.9 Å². The van der Waals surface area contributed by atoms with Crippen molar-refractivity contribution < 1.29 is 20.1 Å². The van der Waals surface area contributed by atoms with E-state index in [4.69, 9.17) is 9.97 Å². The average Bonchev–Trinajstić information content (AvgIpc) is 2.89. The summed E-state index contributed by atoms with van der Waals surface area (Å²) in [5, 5.41) is 2.40. The van der Waals surface area contributed by atoms with E-state index in [0.29, 0.717) is 0 Å². The van der Waals surface area contributed by atoms with E-state index < -0.39 is 0 Å². The van der Waals surface area contributed by atoms with Crippen molar-refractivity contribution in [2.45, 2.75) is 27.7 Å². The van der Waals surface area contributed by atoms with Crippen LogP contribution in [0.3, 0.4) is 0 Å². The van der Waals surface area contributed by atoms with Gasteiger partial charge in [-0.15, -0.1) is 0 Å². The van der Waals surface area contributed by atoms with Crippen LogP contribution in [0.1, 0.15) is 22.3 Å². The Labute approximate surface area is 232 Å². The second kappa shape index (κ2) is 11.6. The number of benzene rings is 4. The molecular weight excluding hydrogens is 629 g/mol. The van der Waals surface area contributed by atoms with E-state index >= 15 is 0 Å². The molecule has 0 aliphatic rings. The molecule has 2 heterocycles. The third-order valence-corrected chi connectivity index (χ3v) is 6.63. The normalized spacial score (nSPS) is 10.5. The number of fused-ring (bicyclic) bond motifs is 2. The number of pyridine rings is 2. The van der Waals surface area contributed by atoms with Crippen LogP contribution < -0.4 is 0 Å². The zero-order chi connectivity index (χ0) is 25.1. The molecule has 6 rings (SSSR count). The summed E-state index contributed by atoms with van der Waals surface area (Å²) in [5.74, 6) is 0. The largest absolute Gasteiger partial charge is 3.00 e. The zero-order valence-corrected chi connectivity index (χ0v) is 24.0. The summed E-state index contributed by atoms with van der Waals surface area (Å²) in [7, 11) is 0. The third-order valence-electron chi connectivity index (χ3n) is 6.63. The van der Waals surface area contributed by atoms with Crippen molar-refractivity contribution in [3.05, 3.63) is 131 Å². The van der Waals surface area contributed by atoms with E-state index in [1.165, 1.54) is 44.2 Å². The van der Waals surface area contributed by atoms with Crippen molar-refractivity contribution in [2.24, 2.45) is 0 Å². The number of nitrogens with zero attached hydrogens (tertiary/aromatic N) is 2. The van der Waals surface area contributed by atoms with E-state index in [9.17, 15) is 0 Å². The molecule has 0 unspecified atom stereocenters. The topological polar surface area (TPSA) is 25.8 Å². The summed E-state index contributed by atoms with van der Waals surface area (Å²) in [6.45, 7) is 8.51. The van der Waals surface area contributed by atoms with Crippen LogP contribution in [-0.2, 0) is 20.1 Å². The molecule has 3 heteroatoms. The molecule has 0 radical (unpaired) electrons. The monoisotopic (exact) mass is 659 g/mol. The van der Waals surface area contributed by atoms with Gasteiger partial charge in [-0.2, -0.15) is 0 Å². The van der Waals surface area contributed by atoms with Crippen molar-refractivity contribution in [1.29, 1.82) is 0 Å². The standard InChI is InChI=1S/2C17H15N.Ir/c2*1-12-7-3-5-9-15(12)17-13(2)11-14-8-4-6-10-16(14)18-17;/h2*3-11H,1-2H3;/q;;+3. The SMILES string of the molecule is Cc1ccccc1-c1nc2ccccc2cc1C.Cc1ccccc1-c1nc2ccccc2cc1C.[Ir+3]. The van der Waals surface area contributed by atoms with Gasteiger partial charge in [-0.3, -0.25) is 0 Å². The number of hydrogen-bond acceptors (Lipinski definition) is 2. The van der Waals surface area contributed by atoms with Gasteiger partial charge in [0, 0.05) is 21.9 Å². The number of aromatic nitrogens is 2. The number of aryl methyl sites for hydroxylation is 4. The summed E-state index contributed by atoms with van der Waals surface area (Å²) in [6.07, 6.45) is 0. The molecule has 0 spiro atoms. The predicted octanol–water partition coefficient (Wildman–Crippen LogP) is 9.03. The van der Waals surface area contributed by atoms with Crippen LogP contribution in [0.25, 0.3) is 44.3 Å². The average molecular weight is 659 g/mol. The van der Waals surface area contributed by atoms with Crippen LogP contribution >= 0.6 is 0 Å². The Balaban J connectivity index is 0.000000168. The van der Waals surface area contributed by atoms with Gasteiger partial charge in [0.05, 0.1) is 22.4 Å². The van der Waals surface area contributed by atoms with E-state index in [1.807, 2.05) is 12.1 Å². The van der Waals surface area contributed by atoms with Crippen LogP contribution in [-0.4, -0.2) is 9.97 Å². The summed E-state index contributed by atoms with van der Waals surface area (Å²) < 4.78 is 0.